The summed E-state index contributed by atoms with van der Waals surface area (Å²) in [5, 5.41) is 0.840. The summed E-state index contributed by atoms with van der Waals surface area (Å²) in [6.45, 7) is 1.40. The molecule has 3 rings (SSSR count). The molecule has 0 aromatic heterocycles. The first-order valence-corrected chi connectivity index (χ1v) is 12.2. The maximum atomic E-state index is 12.7. The fourth-order valence-corrected chi connectivity index (χ4v) is 4.82. The van der Waals surface area contributed by atoms with Crippen LogP contribution >= 0.6 is 35.0 Å². The lowest BCUT2D eigenvalue weighted by molar-refractivity contribution is -0.109. The summed E-state index contributed by atoms with van der Waals surface area (Å²) in [5.41, 5.74) is 2.27. The van der Waals surface area contributed by atoms with Gasteiger partial charge >= 0.3 is 0 Å². The van der Waals surface area contributed by atoms with Gasteiger partial charge < -0.3 is 0 Å². The van der Waals surface area contributed by atoms with Gasteiger partial charge in [0.15, 0.2) is 10.9 Å². The first-order valence-electron chi connectivity index (χ1n) is 9.00. The Labute approximate surface area is 194 Å². The molecule has 3 aromatic rings. The van der Waals surface area contributed by atoms with Gasteiger partial charge in [0.2, 0.25) is 0 Å². The van der Waals surface area contributed by atoms with Gasteiger partial charge in [0.1, 0.15) is 0 Å². The minimum Gasteiger partial charge on any atom is -0.293 e. The number of rotatable bonds is 7. The zero-order chi connectivity index (χ0) is 22.6. The Morgan fingerprint density at radius 3 is 2.00 bits per heavy atom. The fraction of sp³-hybridized carbons (Fsp3) is 0.0909. The van der Waals surface area contributed by atoms with E-state index in [1.165, 1.54) is 43.3 Å². The fourth-order valence-electron chi connectivity index (χ4n) is 2.74. The first kappa shape index (κ1) is 23.3. The zero-order valence-corrected chi connectivity index (χ0v) is 19.4. The van der Waals surface area contributed by atoms with Crippen LogP contribution in [0.4, 0.5) is 5.69 Å². The van der Waals surface area contributed by atoms with Crippen molar-refractivity contribution in [1.29, 1.82) is 0 Å². The second-order valence-electron chi connectivity index (χ2n) is 6.57. The lowest BCUT2D eigenvalue weighted by Crippen LogP contribution is -2.13. The molecule has 31 heavy (non-hydrogen) atoms. The van der Waals surface area contributed by atoms with E-state index < -0.39 is 10.0 Å². The van der Waals surface area contributed by atoms with Gasteiger partial charge in [0, 0.05) is 28.2 Å². The van der Waals surface area contributed by atoms with Crippen LogP contribution in [0.25, 0.3) is 11.1 Å². The molecule has 0 atom stereocenters. The third-order valence-corrected chi connectivity index (χ3v) is 6.87. The summed E-state index contributed by atoms with van der Waals surface area (Å²) in [5.74, 6) is -0.156. The van der Waals surface area contributed by atoms with Gasteiger partial charge in [-0.15, -0.1) is 0 Å². The summed E-state index contributed by atoms with van der Waals surface area (Å²) in [6, 6.07) is 17.5. The minimum atomic E-state index is -3.82. The smallest absolute Gasteiger partial charge is 0.261 e. The van der Waals surface area contributed by atoms with Crippen molar-refractivity contribution in [2.45, 2.75) is 11.8 Å². The molecule has 0 saturated carbocycles. The van der Waals surface area contributed by atoms with E-state index in [0.717, 1.165) is 22.9 Å². The highest BCUT2D eigenvalue weighted by Gasteiger charge is 2.15. The number of carbonyl (C=O) groups excluding carboxylic acids is 2. The van der Waals surface area contributed by atoms with Crippen LogP contribution in [-0.2, 0) is 14.8 Å². The standard InChI is InChI=1S/C22H17Cl2NO4S2/c1-14(26)30-13-22(27)16-2-6-20(7-3-16)25-31(28,29)21-8-4-15(5-9-21)17-10-18(23)12-19(24)11-17/h2-12,25H,13H2,1H3. The molecule has 5 nitrogen and oxygen atoms in total. The summed E-state index contributed by atoms with van der Waals surface area (Å²) in [7, 11) is -3.82. The van der Waals surface area contributed by atoms with Crippen LogP contribution in [0.2, 0.25) is 10.0 Å². The van der Waals surface area contributed by atoms with E-state index in [9.17, 15) is 18.0 Å². The molecule has 0 aliphatic heterocycles. The number of carbonyl (C=O) groups is 2. The second-order valence-corrected chi connectivity index (χ2v) is 10.3. The van der Waals surface area contributed by atoms with E-state index >= 15 is 0 Å². The van der Waals surface area contributed by atoms with E-state index in [0.29, 0.717) is 21.3 Å². The molecule has 0 radical (unpaired) electrons. The summed E-state index contributed by atoms with van der Waals surface area (Å²) in [4.78, 5) is 23.1. The minimum absolute atomic E-state index is 0.0462. The van der Waals surface area contributed by atoms with Gasteiger partial charge in [-0.2, -0.15) is 0 Å². The van der Waals surface area contributed by atoms with E-state index in [1.807, 2.05) is 0 Å². The molecule has 3 aromatic carbocycles. The quantitative estimate of drug-likeness (QED) is 0.412. The third kappa shape index (κ3) is 6.33. The molecule has 0 bridgehead atoms. The summed E-state index contributed by atoms with van der Waals surface area (Å²) >= 11 is 13.0. The van der Waals surface area contributed by atoms with Gasteiger partial charge in [-0.25, -0.2) is 8.42 Å². The van der Waals surface area contributed by atoms with Crippen molar-refractivity contribution in [2.24, 2.45) is 0 Å². The maximum Gasteiger partial charge on any atom is 0.261 e. The number of nitrogens with one attached hydrogen (secondary N) is 1. The van der Waals surface area contributed by atoms with Crippen LogP contribution in [0.3, 0.4) is 0 Å². The predicted octanol–water partition coefficient (Wildman–Crippen LogP) is 5.92. The molecule has 0 aliphatic rings. The number of halogens is 2. The molecule has 0 aliphatic carbocycles. The molecular weight excluding hydrogens is 477 g/mol. The van der Waals surface area contributed by atoms with E-state index in [-0.39, 0.29) is 21.5 Å². The number of Topliss-reactive ketones (excluding diaryl/α,β-unsaturated/α-hetero) is 1. The highest BCUT2D eigenvalue weighted by Crippen LogP contribution is 2.28. The van der Waals surface area contributed by atoms with Crippen molar-refractivity contribution in [3.05, 3.63) is 82.3 Å². The van der Waals surface area contributed by atoms with E-state index in [1.54, 1.807) is 30.3 Å². The Bertz CT molecular complexity index is 1210. The van der Waals surface area contributed by atoms with Crippen LogP contribution in [-0.4, -0.2) is 25.1 Å². The van der Waals surface area contributed by atoms with Crippen LogP contribution in [0.1, 0.15) is 17.3 Å². The average molecular weight is 494 g/mol. The Morgan fingerprint density at radius 2 is 1.45 bits per heavy atom. The van der Waals surface area contributed by atoms with Gasteiger partial charge in [-0.1, -0.05) is 47.1 Å². The molecule has 160 valence electrons. The van der Waals surface area contributed by atoms with Crippen molar-refractivity contribution in [3.8, 4) is 11.1 Å². The molecule has 0 spiro atoms. The number of sulfonamides is 1. The van der Waals surface area contributed by atoms with Crippen LogP contribution in [0, 0.1) is 0 Å². The number of thioether (sulfide) groups is 1. The normalized spacial score (nSPS) is 11.2. The van der Waals surface area contributed by atoms with Gasteiger partial charge in [0.05, 0.1) is 10.6 Å². The zero-order valence-electron chi connectivity index (χ0n) is 16.3. The monoisotopic (exact) mass is 493 g/mol. The highest BCUT2D eigenvalue weighted by atomic mass is 35.5. The number of ketones is 1. The second kappa shape index (κ2) is 9.87. The van der Waals surface area contributed by atoms with Crippen molar-refractivity contribution in [2.75, 3.05) is 10.5 Å². The van der Waals surface area contributed by atoms with Gasteiger partial charge in [0.25, 0.3) is 10.0 Å². The molecule has 9 heteroatoms. The predicted molar refractivity (Wildman–Crippen MR) is 127 cm³/mol. The highest BCUT2D eigenvalue weighted by molar-refractivity contribution is 8.14. The van der Waals surface area contributed by atoms with E-state index in [4.69, 9.17) is 23.2 Å². The lowest BCUT2D eigenvalue weighted by Gasteiger charge is -2.10. The van der Waals surface area contributed by atoms with Gasteiger partial charge in [-0.3, -0.25) is 14.3 Å². The molecule has 0 saturated heterocycles. The topological polar surface area (TPSA) is 80.3 Å². The maximum absolute atomic E-state index is 12.7. The van der Waals surface area contributed by atoms with E-state index in [2.05, 4.69) is 4.72 Å². The molecule has 0 fully saturated rings. The molecular formula is C22H17Cl2NO4S2. The van der Waals surface area contributed by atoms with Crippen molar-refractivity contribution in [1.82, 2.24) is 0 Å². The SMILES string of the molecule is CC(=O)SCC(=O)c1ccc(NS(=O)(=O)c2ccc(-c3cc(Cl)cc(Cl)c3)cc2)cc1. The summed E-state index contributed by atoms with van der Waals surface area (Å²) < 4.78 is 27.9. The Kier molecular flexibility index (Phi) is 7.43. The summed E-state index contributed by atoms with van der Waals surface area (Å²) in [6.07, 6.45) is 0. The number of hydrogen-bond donors (Lipinski definition) is 1. The van der Waals surface area contributed by atoms with Crippen LogP contribution in [0.5, 0.6) is 0 Å². The largest absolute Gasteiger partial charge is 0.293 e. The van der Waals surface area contributed by atoms with Gasteiger partial charge in [-0.05, 0) is 65.7 Å². The molecule has 1 N–H and O–H groups in total. The lowest BCUT2D eigenvalue weighted by atomic mass is 10.1. The van der Waals surface area contributed by atoms with Crippen LogP contribution < -0.4 is 4.72 Å². The molecule has 0 heterocycles. The first-order chi connectivity index (χ1) is 14.6. The Balaban J connectivity index is 1.73. The van der Waals surface area contributed by atoms with Crippen molar-refractivity contribution in [3.63, 3.8) is 0 Å². The average Bonchev–Trinajstić information content (AvgIpc) is 2.71. The molecule has 0 amide bonds. The van der Waals surface area contributed by atoms with Crippen molar-refractivity contribution < 1.29 is 18.0 Å². The number of hydrogen-bond acceptors (Lipinski definition) is 5. The third-order valence-electron chi connectivity index (χ3n) is 4.23. The molecule has 0 unspecified atom stereocenters. The van der Waals surface area contributed by atoms with Crippen LogP contribution in [0.15, 0.2) is 71.6 Å². The van der Waals surface area contributed by atoms with Crippen molar-refractivity contribution >= 4 is 61.6 Å². The Morgan fingerprint density at radius 1 is 0.871 bits per heavy atom. The number of anilines is 1. The number of benzene rings is 3. The Hall–Kier alpha value is -2.32.